The van der Waals surface area contributed by atoms with Crippen molar-refractivity contribution in [1.82, 2.24) is 10.2 Å². The summed E-state index contributed by atoms with van der Waals surface area (Å²) in [5.74, 6) is 0. The topological polar surface area (TPSA) is 44.7 Å². The summed E-state index contributed by atoms with van der Waals surface area (Å²) >= 11 is 0. The number of ether oxygens (including phenoxy) is 1. The normalized spacial score (nSPS) is 26.4. The standard InChI is InChI=1S/C17H36N2O2/c1-6-15(7-2)19(10-11-21-5)16-8-9-17(12-16,13-20)18-14(3)4/h14-16,18,20H,6-13H2,1-5H3. The van der Waals surface area contributed by atoms with E-state index >= 15 is 0 Å². The summed E-state index contributed by atoms with van der Waals surface area (Å²) in [6.07, 6.45) is 5.64. The minimum atomic E-state index is -0.0871. The van der Waals surface area contributed by atoms with Crippen molar-refractivity contribution in [2.75, 3.05) is 26.9 Å². The molecular weight excluding hydrogens is 264 g/mol. The molecule has 0 spiro atoms. The van der Waals surface area contributed by atoms with Gasteiger partial charge in [0.2, 0.25) is 0 Å². The molecule has 1 aliphatic rings. The van der Waals surface area contributed by atoms with Gasteiger partial charge in [0.1, 0.15) is 0 Å². The number of nitrogens with one attached hydrogen (secondary N) is 1. The molecule has 0 heterocycles. The molecule has 126 valence electrons. The highest BCUT2D eigenvalue weighted by Gasteiger charge is 2.41. The summed E-state index contributed by atoms with van der Waals surface area (Å²) in [4.78, 5) is 2.63. The molecule has 0 aromatic heterocycles. The fraction of sp³-hybridized carbons (Fsp3) is 1.00. The van der Waals surface area contributed by atoms with Crippen molar-refractivity contribution in [2.45, 2.75) is 83.5 Å². The Kier molecular flexibility index (Phi) is 8.17. The lowest BCUT2D eigenvalue weighted by molar-refractivity contribution is 0.0722. The third kappa shape index (κ3) is 5.20. The lowest BCUT2D eigenvalue weighted by Crippen LogP contribution is -2.52. The van der Waals surface area contributed by atoms with Gasteiger partial charge in [-0.3, -0.25) is 4.90 Å². The molecule has 0 aromatic rings. The maximum absolute atomic E-state index is 9.89. The Hall–Kier alpha value is -0.160. The van der Waals surface area contributed by atoms with E-state index in [1.807, 2.05) is 0 Å². The van der Waals surface area contributed by atoms with Crippen LogP contribution < -0.4 is 5.32 Å². The average Bonchev–Trinajstić information content (AvgIpc) is 2.87. The van der Waals surface area contributed by atoms with E-state index in [0.717, 1.165) is 26.0 Å². The van der Waals surface area contributed by atoms with E-state index < -0.39 is 0 Å². The predicted molar refractivity (Wildman–Crippen MR) is 88.7 cm³/mol. The van der Waals surface area contributed by atoms with Gasteiger partial charge in [-0.05, 0) is 32.1 Å². The molecule has 1 rings (SSSR count). The Morgan fingerprint density at radius 1 is 1.33 bits per heavy atom. The van der Waals surface area contributed by atoms with Gasteiger partial charge in [0.25, 0.3) is 0 Å². The van der Waals surface area contributed by atoms with Crippen molar-refractivity contribution >= 4 is 0 Å². The molecule has 2 unspecified atom stereocenters. The second-order valence-corrected chi connectivity index (χ2v) is 6.84. The first-order valence-electron chi connectivity index (χ1n) is 8.65. The number of nitrogens with zero attached hydrogens (tertiary/aromatic N) is 1. The van der Waals surface area contributed by atoms with Gasteiger partial charge in [-0.2, -0.15) is 0 Å². The van der Waals surface area contributed by atoms with Crippen LogP contribution in [-0.2, 0) is 4.74 Å². The van der Waals surface area contributed by atoms with Crippen LogP contribution in [0.25, 0.3) is 0 Å². The van der Waals surface area contributed by atoms with Gasteiger partial charge in [0.15, 0.2) is 0 Å². The summed E-state index contributed by atoms with van der Waals surface area (Å²) in [7, 11) is 1.78. The molecule has 1 aliphatic carbocycles. The van der Waals surface area contributed by atoms with Crippen molar-refractivity contribution < 1.29 is 9.84 Å². The van der Waals surface area contributed by atoms with Gasteiger partial charge in [0, 0.05) is 37.3 Å². The third-order valence-electron chi connectivity index (χ3n) is 4.91. The Morgan fingerprint density at radius 2 is 2.00 bits per heavy atom. The van der Waals surface area contributed by atoms with Gasteiger partial charge in [-0.1, -0.05) is 27.7 Å². The first-order valence-corrected chi connectivity index (χ1v) is 8.65. The van der Waals surface area contributed by atoms with E-state index in [2.05, 4.69) is 37.9 Å². The van der Waals surface area contributed by atoms with Crippen LogP contribution in [-0.4, -0.2) is 60.5 Å². The fourth-order valence-corrected chi connectivity index (χ4v) is 3.93. The summed E-state index contributed by atoms with van der Waals surface area (Å²) in [5.41, 5.74) is -0.0871. The molecule has 0 saturated heterocycles. The number of methoxy groups -OCH3 is 1. The molecule has 0 aromatic carbocycles. The van der Waals surface area contributed by atoms with Crippen LogP contribution in [0.1, 0.15) is 59.8 Å². The molecule has 0 aliphatic heterocycles. The Labute approximate surface area is 131 Å². The average molecular weight is 300 g/mol. The lowest BCUT2D eigenvalue weighted by atomic mass is 9.96. The molecule has 1 fully saturated rings. The van der Waals surface area contributed by atoms with Gasteiger partial charge in [0.05, 0.1) is 13.2 Å². The highest BCUT2D eigenvalue weighted by Crippen LogP contribution is 2.35. The van der Waals surface area contributed by atoms with Crippen LogP contribution >= 0.6 is 0 Å². The van der Waals surface area contributed by atoms with Crippen molar-refractivity contribution in [2.24, 2.45) is 0 Å². The minimum Gasteiger partial charge on any atom is -0.394 e. The highest BCUT2D eigenvalue weighted by atomic mass is 16.5. The van der Waals surface area contributed by atoms with Crippen LogP contribution in [0.5, 0.6) is 0 Å². The fourth-order valence-electron chi connectivity index (χ4n) is 3.93. The highest BCUT2D eigenvalue weighted by molar-refractivity contribution is 5.01. The van der Waals surface area contributed by atoms with Crippen LogP contribution in [0, 0.1) is 0 Å². The van der Waals surface area contributed by atoms with E-state index in [0.29, 0.717) is 18.1 Å². The molecule has 0 amide bonds. The molecule has 0 radical (unpaired) electrons. The molecule has 2 N–H and O–H groups in total. The molecular formula is C17H36N2O2. The van der Waals surface area contributed by atoms with E-state index in [9.17, 15) is 5.11 Å². The summed E-state index contributed by atoms with van der Waals surface area (Å²) < 4.78 is 5.31. The number of aliphatic hydroxyl groups excluding tert-OH is 1. The maximum atomic E-state index is 9.89. The van der Waals surface area contributed by atoms with Crippen LogP contribution in [0.3, 0.4) is 0 Å². The van der Waals surface area contributed by atoms with Crippen molar-refractivity contribution in [1.29, 1.82) is 0 Å². The molecule has 21 heavy (non-hydrogen) atoms. The van der Waals surface area contributed by atoms with E-state index in [4.69, 9.17) is 4.74 Å². The van der Waals surface area contributed by atoms with Crippen LogP contribution in [0.4, 0.5) is 0 Å². The van der Waals surface area contributed by atoms with Crippen molar-refractivity contribution in [3.05, 3.63) is 0 Å². The SMILES string of the molecule is CCC(CC)N(CCOC)C1CCC(CO)(NC(C)C)C1. The first-order chi connectivity index (χ1) is 10.0. The molecule has 1 saturated carbocycles. The Bertz CT molecular complexity index is 282. The smallest absolute Gasteiger partial charge is 0.0614 e. The van der Waals surface area contributed by atoms with E-state index in [1.54, 1.807) is 7.11 Å². The summed E-state index contributed by atoms with van der Waals surface area (Å²) in [6.45, 7) is 10.9. The van der Waals surface area contributed by atoms with Gasteiger partial charge < -0.3 is 15.2 Å². The summed E-state index contributed by atoms with van der Waals surface area (Å²) in [5, 5.41) is 13.5. The Balaban J connectivity index is 2.75. The lowest BCUT2D eigenvalue weighted by Gasteiger charge is -2.37. The number of hydrogen-bond donors (Lipinski definition) is 2. The second kappa shape index (κ2) is 9.09. The molecule has 2 atom stereocenters. The third-order valence-corrected chi connectivity index (χ3v) is 4.91. The zero-order valence-electron chi connectivity index (χ0n) is 14.7. The first kappa shape index (κ1) is 18.9. The Morgan fingerprint density at radius 3 is 2.48 bits per heavy atom. The second-order valence-electron chi connectivity index (χ2n) is 6.84. The van der Waals surface area contributed by atoms with Crippen molar-refractivity contribution in [3.63, 3.8) is 0 Å². The number of hydrogen-bond acceptors (Lipinski definition) is 4. The largest absolute Gasteiger partial charge is 0.394 e. The zero-order valence-corrected chi connectivity index (χ0v) is 14.7. The van der Waals surface area contributed by atoms with Gasteiger partial charge in [-0.15, -0.1) is 0 Å². The number of rotatable bonds is 10. The monoisotopic (exact) mass is 300 g/mol. The van der Waals surface area contributed by atoms with Crippen molar-refractivity contribution in [3.8, 4) is 0 Å². The zero-order chi connectivity index (χ0) is 15.9. The van der Waals surface area contributed by atoms with Gasteiger partial charge in [-0.25, -0.2) is 0 Å². The maximum Gasteiger partial charge on any atom is 0.0614 e. The quantitative estimate of drug-likeness (QED) is 0.650. The predicted octanol–water partition coefficient (Wildman–Crippen LogP) is 2.41. The van der Waals surface area contributed by atoms with Gasteiger partial charge >= 0.3 is 0 Å². The van der Waals surface area contributed by atoms with Crippen LogP contribution in [0.2, 0.25) is 0 Å². The number of aliphatic hydroxyl groups is 1. The minimum absolute atomic E-state index is 0.0871. The van der Waals surface area contributed by atoms with E-state index in [1.165, 1.54) is 19.3 Å². The molecule has 0 bridgehead atoms. The summed E-state index contributed by atoms with van der Waals surface area (Å²) in [6, 6.07) is 1.60. The molecule has 4 heteroatoms. The van der Waals surface area contributed by atoms with E-state index in [-0.39, 0.29) is 12.1 Å². The molecule has 4 nitrogen and oxygen atoms in total. The van der Waals surface area contributed by atoms with Crippen LogP contribution in [0.15, 0.2) is 0 Å².